The van der Waals surface area contributed by atoms with Gasteiger partial charge in [-0.1, -0.05) is 67.9 Å². The Labute approximate surface area is 181 Å². The van der Waals surface area contributed by atoms with E-state index < -0.39 is 0 Å². The van der Waals surface area contributed by atoms with Crippen molar-refractivity contribution in [1.29, 1.82) is 0 Å². The van der Waals surface area contributed by atoms with Crippen molar-refractivity contribution in [2.75, 3.05) is 5.32 Å². The van der Waals surface area contributed by atoms with Crippen LogP contribution in [0.15, 0.2) is 77.8 Å². The highest BCUT2D eigenvalue weighted by Gasteiger charge is 2.15. The molecule has 0 aliphatic rings. The molecule has 148 valence electrons. The lowest BCUT2D eigenvalue weighted by Crippen LogP contribution is -2.03. The van der Waals surface area contributed by atoms with Crippen molar-refractivity contribution in [1.82, 2.24) is 9.38 Å². The van der Waals surface area contributed by atoms with Gasteiger partial charge in [0.25, 0.3) is 0 Å². The van der Waals surface area contributed by atoms with Crippen molar-refractivity contribution in [3.05, 3.63) is 83.5 Å². The van der Waals surface area contributed by atoms with Gasteiger partial charge in [-0.15, -0.1) is 11.8 Å². The molecule has 0 aliphatic heterocycles. The second kappa shape index (κ2) is 8.93. The predicted molar refractivity (Wildman–Crippen MR) is 125 cm³/mol. The van der Waals surface area contributed by atoms with Crippen molar-refractivity contribution < 1.29 is 0 Å². The third-order valence-electron chi connectivity index (χ3n) is 4.93. The van der Waals surface area contributed by atoms with Crippen molar-refractivity contribution in [3.63, 3.8) is 0 Å². The molecule has 0 spiro atoms. The molecule has 1 atom stereocenters. The molecule has 2 aromatic heterocycles. The first-order valence-electron chi connectivity index (χ1n) is 9.86. The zero-order valence-corrected chi connectivity index (χ0v) is 18.2. The molecule has 29 heavy (non-hydrogen) atoms. The highest BCUT2D eigenvalue weighted by Crippen LogP contribution is 2.32. The van der Waals surface area contributed by atoms with Gasteiger partial charge in [-0.2, -0.15) is 0 Å². The highest BCUT2D eigenvalue weighted by molar-refractivity contribution is 7.99. The number of pyridine rings is 1. The third-order valence-corrected chi connectivity index (χ3v) is 6.43. The molecule has 2 aromatic carbocycles. The number of nitrogens with zero attached hydrogens (tertiary/aromatic N) is 2. The van der Waals surface area contributed by atoms with E-state index in [1.807, 2.05) is 40.6 Å². The Morgan fingerprint density at radius 2 is 1.79 bits per heavy atom. The summed E-state index contributed by atoms with van der Waals surface area (Å²) in [7, 11) is 0. The largest absolute Gasteiger partial charge is 0.365 e. The second-order valence-corrected chi connectivity index (χ2v) is 9.03. The number of imidazole rings is 1. The molecule has 1 unspecified atom stereocenters. The highest BCUT2D eigenvalue weighted by atomic mass is 35.5. The Morgan fingerprint density at radius 1 is 1.03 bits per heavy atom. The second-order valence-electron chi connectivity index (χ2n) is 7.08. The molecular formula is C24H24ClN3S. The number of fused-ring (bicyclic) bond motifs is 1. The number of rotatable bonds is 7. The van der Waals surface area contributed by atoms with Crippen LogP contribution in [0.3, 0.4) is 0 Å². The Morgan fingerprint density at radius 3 is 2.52 bits per heavy atom. The average Bonchev–Trinajstić information content (AvgIpc) is 3.11. The lowest BCUT2D eigenvalue weighted by Gasteiger charge is -2.11. The van der Waals surface area contributed by atoms with E-state index in [-0.39, 0.29) is 0 Å². The van der Waals surface area contributed by atoms with Crippen molar-refractivity contribution in [3.8, 4) is 11.3 Å². The number of hydrogen-bond donors (Lipinski definition) is 1. The summed E-state index contributed by atoms with van der Waals surface area (Å²) in [6.07, 6.45) is 3.07. The number of anilines is 1. The Balaban J connectivity index is 1.69. The summed E-state index contributed by atoms with van der Waals surface area (Å²) >= 11 is 8.17. The summed E-state index contributed by atoms with van der Waals surface area (Å²) in [6, 6.07) is 22.9. The maximum atomic E-state index is 6.27. The van der Waals surface area contributed by atoms with Gasteiger partial charge in [0.15, 0.2) is 0 Å². The van der Waals surface area contributed by atoms with E-state index in [9.17, 15) is 0 Å². The zero-order valence-electron chi connectivity index (χ0n) is 16.6. The maximum Gasteiger partial charge on any atom is 0.139 e. The van der Waals surface area contributed by atoms with Crippen LogP contribution in [0.5, 0.6) is 0 Å². The van der Waals surface area contributed by atoms with E-state index in [0.717, 1.165) is 35.7 Å². The molecule has 0 aliphatic carbocycles. The first-order valence-corrected chi connectivity index (χ1v) is 11.1. The van der Waals surface area contributed by atoms with Crippen molar-refractivity contribution in [2.45, 2.75) is 37.0 Å². The molecule has 0 fully saturated rings. The fourth-order valence-corrected chi connectivity index (χ4v) is 4.26. The minimum Gasteiger partial charge on any atom is -0.365 e. The van der Waals surface area contributed by atoms with Gasteiger partial charge in [0, 0.05) is 28.5 Å². The monoisotopic (exact) mass is 421 g/mol. The van der Waals surface area contributed by atoms with Gasteiger partial charge in [-0.3, -0.25) is 4.40 Å². The minimum atomic E-state index is 0.612. The Hall–Kier alpha value is -2.43. The molecule has 3 nitrogen and oxygen atoms in total. The van der Waals surface area contributed by atoms with Crippen LogP contribution in [-0.4, -0.2) is 14.6 Å². The number of benzene rings is 2. The molecule has 1 N–H and O–H groups in total. The smallest absolute Gasteiger partial charge is 0.139 e. The van der Waals surface area contributed by atoms with Crippen LogP contribution in [0.1, 0.15) is 25.8 Å². The van der Waals surface area contributed by atoms with Gasteiger partial charge in [0.05, 0.1) is 5.02 Å². The normalized spacial score (nSPS) is 12.2. The molecule has 4 rings (SSSR count). The molecule has 0 bridgehead atoms. The Kier molecular flexibility index (Phi) is 6.12. The van der Waals surface area contributed by atoms with Gasteiger partial charge >= 0.3 is 0 Å². The lowest BCUT2D eigenvalue weighted by atomic mass is 10.1. The van der Waals surface area contributed by atoms with Crippen molar-refractivity contribution >= 4 is 34.8 Å². The number of nitrogens with one attached hydrogen (secondary N) is 1. The number of halogens is 1. The zero-order chi connectivity index (χ0) is 20.2. The van der Waals surface area contributed by atoms with Crippen LogP contribution in [0, 0.1) is 0 Å². The first kappa shape index (κ1) is 19.9. The van der Waals surface area contributed by atoms with E-state index >= 15 is 0 Å². The van der Waals surface area contributed by atoms with Gasteiger partial charge in [-0.25, -0.2) is 4.98 Å². The minimum absolute atomic E-state index is 0.612. The number of aromatic nitrogens is 2. The fourth-order valence-electron chi connectivity index (χ4n) is 3.18. The summed E-state index contributed by atoms with van der Waals surface area (Å²) in [6.45, 7) is 5.20. The molecule has 5 heteroatoms. The summed E-state index contributed by atoms with van der Waals surface area (Å²) < 4.78 is 2.03. The van der Waals surface area contributed by atoms with Gasteiger partial charge < -0.3 is 5.32 Å². The topological polar surface area (TPSA) is 29.3 Å². The summed E-state index contributed by atoms with van der Waals surface area (Å²) in [5, 5.41) is 4.87. The van der Waals surface area contributed by atoms with Crippen LogP contribution < -0.4 is 5.32 Å². The molecule has 2 heterocycles. The van der Waals surface area contributed by atoms with E-state index in [2.05, 4.69) is 67.7 Å². The van der Waals surface area contributed by atoms with Crippen LogP contribution >= 0.6 is 23.4 Å². The number of hydrogen-bond acceptors (Lipinski definition) is 3. The first-order chi connectivity index (χ1) is 14.1. The van der Waals surface area contributed by atoms with E-state index in [0.29, 0.717) is 10.3 Å². The third kappa shape index (κ3) is 4.60. The molecule has 0 radical (unpaired) electrons. The molecular weight excluding hydrogens is 398 g/mol. The summed E-state index contributed by atoms with van der Waals surface area (Å²) in [5.74, 6) is 0.952. The molecule has 4 aromatic rings. The van der Waals surface area contributed by atoms with Crippen LogP contribution in [0.25, 0.3) is 16.9 Å². The average molecular weight is 422 g/mol. The fraction of sp³-hybridized carbons (Fsp3) is 0.208. The van der Waals surface area contributed by atoms with Crippen LogP contribution in [0.4, 0.5) is 5.82 Å². The van der Waals surface area contributed by atoms with E-state index in [4.69, 9.17) is 16.6 Å². The molecule has 0 saturated carbocycles. The van der Waals surface area contributed by atoms with Gasteiger partial charge in [0.2, 0.25) is 0 Å². The summed E-state index contributed by atoms with van der Waals surface area (Å²) in [5.41, 5.74) is 4.12. The summed E-state index contributed by atoms with van der Waals surface area (Å²) in [4.78, 5) is 6.16. The molecule has 0 saturated heterocycles. The maximum absolute atomic E-state index is 6.27. The van der Waals surface area contributed by atoms with E-state index in [1.54, 1.807) is 0 Å². The Bertz CT molecular complexity index is 1090. The standard InChI is InChI=1S/C24H24ClN3S/c1-3-17(2)29-21-12-9-19(10-13-21)23-24(26-15-18-7-5-4-6-8-18)28-16-20(25)11-14-22(28)27-23/h4-14,16-17,26H,3,15H2,1-2H3. The quantitative estimate of drug-likeness (QED) is 0.321. The van der Waals surface area contributed by atoms with Crippen LogP contribution in [0.2, 0.25) is 5.02 Å². The van der Waals surface area contributed by atoms with Crippen LogP contribution in [-0.2, 0) is 6.54 Å². The van der Waals surface area contributed by atoms with Gasteiger partial charge in [-0.05, 0) is 36.2 Å². The van der Waals surface area contributed by atoms with Crippen molar-refractivity contribution in [2.24, 2.45) is 0 Å². The SMILES string of the molecule is CCC(C)Sc1ccc(-c2nc3ccc(Cl)cn3c2NCc2ccccc2)cc1. The predicted octanol–water partition coefficient (Wildman–Crippen LogP) is 7.16. The van der Waals surface area contributed by atoms with E-state index in [1.165, 1.54) is 10.5 Å². The number of thioether (sulfide) groups is 1. The lowest BCUT2D eigenvalue weighted by molar-refractivity contribution is 0.906. The van der Waals surface area contributed by atoms with Gasteiger partial charge in [0.1, 0.15) is 17.2 Å². The molecule has 0 amide bonds.